The monoisotopic (exact) mass is 501 g/mol. The molecule has 0 spiro atoms. The lowest BCUT2D eigenvalue weighted by Crippen LogP contribution is -2.66. The third kappa shape index (κ3) is 14.0. The Hall–Kier alpha value is -0.730. The van der Waals surface area contributed by atoms with E-state index in [-0.39, 0.29) is 24.2 Å². The molecule has 35 heavy (non-hydrogen) atoms. The number of nitrogens with one attached hydrogen (secondary N) is 1. The number of unbranched alkanes of at least 4 members (excludes halogenated alkanes) is 8. The van der Waals surface area contributed by atoms with Crippen LogP contribution in [0.3, 0.4) is 0 Å². The summed E-state index contributed by atoms with van der Waals surface area (Å²) in [5, 5.41) is 3.07. The fraction of sp³-hybridized carbons (Fsp3) is 0.964. The minimum atomic E-state index is -0.591. The highest BCUT2D eigenvalue weighted by Gasteiger charge is 2.48. The summed E-state index contributed by atoms with van der Waals surface area (Å²) >= 11 is 0. The van der Waals surface area contributed by atoms with Gasteiger partial charge in [0.2, 0.25) is 5.91 Å². The van der Waals surface area contributed by atoms with Crippen molar-refractivity contribution in [3.05, 3.63) is 0 Å². The average molecular weight is 502 g/mol. The van der Waals surface area contributed by atoms with E-state index in [0.717, 1.165) is 77.0 Å². The fourth-order valence-corrected chi connectivity index (χ4v) is 4.32. The van der Waals surface area contributed by atoms with Gasteiger partial charge in [0.25, 0.3) is 0 Å². The molecular formula is C28H55NO6. The first kappa shape index (κ1) is 32.3. The molecule has 1 rings (SSSR count). The Balaban J connectivity index is 3.04. The van der Waals surface area contributed by atoms with Crippen LogP contribution in [0.15, 0.2) is 0 Å². The maximum atomic E-state index is 12.2. The van der Waals surface area contributed by atoms with Gasteiger partial charge in [-0.15, -0.1) is 0 Å². The van der Waals surface area contributed by atoms with Crippen molar-refractivity contribution in [1.29, 1.82) is 0 Å². The third-order valence-corrected chi connectivity index (χ3v) is 6.34. The zero-order valence-electron chi connectivity index (χ0n) is 23.4. The van der Waals surface area contributed by atoms with Crippen molar-refractivity contribution in [2.24, 2.45) is 0 Å². The van der Waals surface area contributed by atoms with Gasteiger partial charge in [0, 0.05) is 33.4 Å². The minimum Gasteiger partial charge on any atom is -0.379 e. The van der Waals surface area contributed by atoms with Crippen LogP contribution < -0.4 is 5.32 Å². The highest BCUT2D eigenvalue weighted by Crippen LogP contribution is 2.28. The standard InChI is InChI=1S/C28H55NO6/c1-6-10-14-18-31-22-24-26(32-19-15-11-7-2)27(33-20-16-12-8-3)25(29-23(5)30)28(35-24)34-21-17-13-9-4/h24-28H,6-22H2,1-5H3,(H,29,30)/t24-,25-,26-,27-,28?/m1/s1. The molecule has 1 amide bonds. The molecule has 7 heteroatoms. The van der Waals surface area contributed by atoms with E-state index in [1.807, 2.05) is 0 Å². The SMILES string of the molecule is CCCCCOC[C@H]1OC(OCCCCC)[C@H](NC(C)=O)[C@@H](OCCCCC)[C@@H]1OCCCCC. The molecule has 1 N–H and O–H groups in total. The number of ether oxygens (including phenoxy) is 5. The Bertz CT molecular complexity index is 506. The summed E-state index contributed by atoms with van der Waals surface area (Å²) in [5.41, 5.74) is 0. The normalized spacial score (nSPS) is 24.5. The van der Waals surface area contributed by atoms with Gasteiger partial charge in [-0.05, 0) is 25.7 Å². The third-order valence-electron chi connectivity index (χ3n) is 6.34. The van der Waals surface area contributed by atoms with Crippen molar-refractivity contribution < 1.29 is 28.5 Å². The molecule has 0 bridgehead atoms. The number of hydrogen-bond donors (Lipinski definition) is 1. The maximum Gasteiger partial charge on any atom is 0.217 e. The van der Waals surface area contributed by atoms with Gasteiger partial charge in [-0.3, -0.25) is 4.79 Å². The summed E-state index contributed by atoms with van der Waals surface area (Å²) in [4.78, 5) is 12.2. The Morgan fingerprint density at radius 2 is 1.17 bits per heavy atom. The van der Waals surface area contributed by atoms with Crippen LogP contribution in [0.25, 0.3) is 0 Å². The zero-order valence-corrected chi connectivity index (χ0v) is 23.4. The highest BCUT2D eigenvalue weighted by molar-refractivity contribution is 5.73. The molecule has 0 aromatic carbocycles. The predicted octanol–water partition coefficient (Wildman–Crippen LogP) is 5.78. The minimum absolute atomic E-state index is 0.123. The van der Waals surface area contributed by atoms with Crippen LogP contribution in [0.1, 0.15) is 112 Å². The average Bonchev–Trinajstić information content (AvgIpc) is 2.84. The smallest absolute Gasteiger partial charge is 0.217 e. The lowest BCUT2D eigenvalue weighted by Gasteiger charge is -2.46. The van der Waals surface area contributed by atoms with Gasteiger partial charge in [-0.2, -0.15) is 0 Å². The molecule has 208 valence electrons. The van der Waals surface area contributed by atoms with Crippen molar-refractivity contribution in [2.75, 3.05) is 33.0 Å². The molecule has 0 radical (unpaired) electrons. The largest absolute Gasteiger partial charge is 0.379 e. The highest BCUT2D eigenvalue weighted by atomic mass is 16.7. The molecule has 0 aliphatic carbocycles. The number of hydrogen-bond acceptors (Lipinski definition) is 6. The first-order valence-corrected chi connectivity index (χ1v) is 14.4. The van der Waals surface area contributed by atoms with Crippen molar-refractivity contribution in [3.63, 3.8) is 0 Å². The van der Waals surface area contributed by atoms with Crippen LogP contribution in [-0.4, -0.2) is 69.6 Å². The molecule has 0 aromatic rings. The van der Waals surface area contributed by atoms with Crippen LogP contribution in [0, 0.1) is 0 Å². The van der Waals surface area contributed by atoms with Gasteiger partial charge in [0.15, 0.2) is 6.29 Å². The first-order chi connectivity index (χ1) is 17.1. The van der Waals surface area contributed by atoms with Crippen LogP contribution in [-0.2, 0) is 28.5 Å². The second kappa shape index (κ2) is 21.4. The van der Waals surface area contributed by atoms with E-state index in [9.17, 15) is 4.79 Å². The van der Waals surface area contributed by atoms with Gasteiger partial charge >= 0.3 is 0 Å². The summed E-state index contributed by atoms with van der Waals surface area (Å²) in [7, 11) is 0. The van der Waals surface area contributed by atoms with Crippen molar-refractivity contribution in [3.8, 4) is 0 Å². The van der Waals surface area contributed by atoms with Crippen LogP contribution in [0.2, 0.25) is 0 Å². The number of amides is 1. The Kier molecular flexibility index (Phi) is 19.7. The predicted molar refractivity (Wildman–Crippen MR) is 141 cm³/mol. The molecule has 1 unspecified atom stereocenters. The molecule has 7 nitrogen and oxygen atoms in total. The van der Waals surface area contributed by atoms with E-state index in [1.54, 1.807) is 0 Å². The molecule has 1 aliphatic rings. The zero-order chi connectivity index (χ0) is 25.7. The van der Waals surface area contributed by atoms with E-state index >= 15 is 0 Å². The van der Waals surface area contributed by atoms with E-state index in [0.29, 0.717) is 33.0 Å². The van der Waals surface area contributed by atoms with Crippen molar-refractivity contribution in [1.82, 2.24) is 5.32 Å². The van der Waals surface area contributed by atoms with E-state index in [1.165, 1.54) is 6.92 Å². The van der Waals surface area contributed by atoms with Gasteiger partial charge in [0.1, 0.15) is 24.4 Å². The fourth-order valence-electron chi connectivity index (χ4n) is 4.32. The van der Waals surface area contributed by atoms with E-state index in [2.05, 4.69) is 33.0 Å². The molecule has 0 saturated carbocycles. The lowest BCUT2D eigenvalue weighted by molar-refractivity contribution is -0.287. The number of rotatable bonds is 22. The topological polar surface area (TPSA) is 75.2 Å². The van der Waals surface area contributed by atoms with E-state index in [4.69, 9.17) is 23.7 Å². The molecule has 1 heterocycles. The first-order valence-electron chi connectivity index (χ1n) is 14.4. The Morgan fingerprint density at radius 1 is 0.686 bits per heavy atom. The maximum absolute atomic E-state index is 12.2. The molecule has 1 fully saturated rings. The molecule has 0 aromatic heterocycles. The second-order valence-electron chi connectivity index (χ2n) is 9.71. The van der Waals surface area contributed by atoms with Gasteiger partial charge < -0.3 is 29.0 Å². The van der Waals surface area contributed by atoms with Crippen LogP contribution >= 0.6 is 0 Å². The van der Waals surface area contributed by atoms with Crippen LogP contribution in [0.4, 0.5) is 0 Å². The van der Waals surface area contributed by atoms with Gasteiger partial charge in [-0.25, -0.2) is 0 Å². The Morgan fingerprint density at radius 3 is 1.69 bits per heavy atom. The molecule has 1 saturated heterocycles. The number of carbonyl (C=O) groups is 1. The second-order valence-corrected chi connectivity index (χ2v) is 9.71. The summed E-state index contributed by atoms with van der Waals surface area (Å²) in [5.74, 6) is -0.123. The van der Waals surface area contributed by atoms with Gasteiger partial charge in [0.05, 0.1) is 6.61 Å². The lowest BCUT2D eigenvalue weighted by atomic mass is 9.96. The summed E-state index contributed by atoms with van der Waals surface area (Å²) < 4.78 is 31.5. The number of carbonyl (C=O) groups excluding carboxylic acids is 1. The molecular weight excluding hydrogens is 446 g/mol. The summed E-state index contributed by atoms with van der Waals surface area (Å²) in [6.07, 6.45) is 11.4. The molecule has 1 aliphatic heterocycles. The van der Waals surface area contributed by atoms with Crippen LogP contribution in [0.5, 0.6) is 0 Å². The Labute approximate surface area is 215 Å². The summed E-state index contributed by atoms with van der Waals surface area (Å²) in [6.45, 7) is 13.2. The summed E-state index contributed by atoms with van der Waals surface area (Å²) in [6, 6.07) is -0.428. The van der Waals surface area contributed by atoms with Crippen molar-refractivity contribution in [2.45, 2.75) is 142 Å². The van der Waals surface area contributed by atoms with Gasteiger partial charge in [-0.1, -0.05) is 79.1 Å². The van der Waals surface area contributed by atoms with E-state index < -0.39 is 12.3 Å². The molecule has 5 atom stereocenters. The van der Waals surface area contributed by atoms with Crippen molar-refractivity contribution >= 4 is 5.91 Å². The quantitative estimate of drug-likeness (QED) is 0.190.